The number of ether oxygens (including phenoxy) is 1. The Labute approximate surface area is 135 Å². The fourth-order valence-electron chi connectivity index (χ4n) is 1.93. The van der Waals surface area contributed by atoms with Crippen LogP contribution in [-0.2, 0) is 17.8 Å². The maximum atomic E-state index is 12.8. The van der Waals surface area contributed by atoms with Crippen molar-refractivity contribution in [1.29, 1.82) is 0 Å². The summed E-state index contributed by atoms with van der Waals surface area (Å²) in [7, 11) is 0. The van der Waals surface area contributed by atoms with E-state index in [1.54, 1.807) is 31.2 Å². The number of hydrogen-bond acceptors (Lipinski definition) is 3. The molecule has 0 unspecified atom stereocenters. The molecule has 1 N–H and O–H groups in total. The lowest BCUT2D eigenvalue weighted by Crippen LogP contribution is -2.13. The summed E-state index contributed by atoms with van der Waals surface area (Å²) in [5, 5.41) is 3.27. The van der Waals surface area contributed by atoms with Gasteiger partial charge in [-0.2, -0.15) is 0 Å². The second kappa shape index (κ2) is 9.18. The molecule has 2 aromatic rings. The first-order chi connectivity index (χ1) is 10.2. The molecule has 0 atom stereocenters. The van der Waals surface area contributed by atoms with E-state index >= 15 is 0 Å². The Kier molecular flexibility index (Phi) is 7.57. The van der Waals surface area contributed by atoms with Gasteiger partial charge in [0.05, 0.1) is 12.2 Å². The number of benzene rings is 2. The number of carbonyl (C=O) groups excluding carboxylic acids is 1. The summed E-state index contributed by atoms with van der Waals surface area (Å²) < 4.78 is 17.7. The molecule has 0 saturated heterocycles. The molecule has 3 nitrogen and oxygen atoms in total. The van der Waals surface area contributed by atoms with Gasteiger partial charge in [-0.1, -0.05) is 24.3 Å². The molecule has 0 aliphatic heterocycles. The Morgan fingerprint density at radius 3 is 2.00 bits per heavy atom. The summed E-state index contributed by atoms with van der Waals surface area (Å²) in [6.45, 7) is 3.51. The molecule has 0 bridgehead atoms. The van der Waals surface area contributed by atoms with E-state index in [9.17, 15) is 9.18 Å². The van der Waals surface area contributed by atoms with Gasteiger partial charge < -0.3 is 10.1 Å². The zero-order chi connectivity index (χ0) is 15.1. The zero-order valence-electron chi connectivity index (χ0n) is 12.3. The van der Waals surface area contributed by atoms with Crippen LogP contribution in [0.5, 0.6) is 0 Å². The van der Waals surface area contributed by atoms with Gasteiger partial charge in [-0.25, -0.2) is 9.18 Å². The average Bonchev–Trinajstić information content (AvgIpc) is 2.50. The van der Waals surface area contributed by atoms with E-state index in [0.29, 0.717) is 25.3 Å². The second-order valence-corrected chi connectivity index (χ2v) is 4.65. The SMILES string of the molecule is CCOC(=O)c1ccc(CNCc2ccc(F)cc2)cc1.Cl. The van der Waals surface area contributed by atoms with Crippen LogP contribution in [0.1, 0.15) is 28.4 Å². The molecule has 0 aromatic heterocycles. The summed E-state index contributed by atoms with van der Waals surface area (Å²) in [6.07, 6.45) is 0. The smallest absolute Gasteiger partial charge is 0.338 e. The van der Waals surface area contributed by atoms with Crippen molar-refractivity contribution in [3.05, 3.63) is 71.0 Å². The molecule has 0 amide bonds. The molecule has 0 radical (unpaired) electrons. The molecule has 2 rings (SSSR count). The highest BCUT2D eigenvalue weighted by molar-refractivity contribution is 5.89. The Morgan fingerprint density at radius 1 is 1.00 bits per heavy atom. The molecule has 2 aromatic carbocycles. The first kappa shape index (κ1) is 18.1. The molecular formula is C17H19ClFNO2. The summed E-state index contributed by atoms with van der Waals surface area (Å²) in [4.78, 5) is 11.5. The molecule has 0 fully saturated rings. The van der Waals surface area contributed by atoms with Crippen molar-refractivity contribution in [2.45, 2.75) is 20.0 Å². The Balaban J connectivity index is 0.00000242. The third kappa shape index (κ3) is 5.47. The number of halogens is 2. The standard InChI is InChI=1S/C17H18FNO2.ClH/c1-2-21-17(20)15-7-3-13(4-8-15)11-19-12-14-5-9-16(18)10-6-14;/h3-10,19H,2,11-12H2,1H3;1H. The van der Waals surface area contributed by atoms with Crippen LogP contribution in [0.15, 0.2) is 48.5 Å². The van der Waals surface area contributed by atoms with Gasteiger partial charge in [-0.15, -0.1) is 12.4 Å². The summed E-state index contributed by atoms with van der Waals surface area (Å²) >= 11 is 0. The quantitative estimate of drug-likeness (QED) is 0.823. The van der Waals surface area contributed by atoms with E-state index in [4.69, 9.17) is 4.74 Å². The van der Waals surface area contributed by atoms with E-state index < -0.39 is 0 Å². The Bertz CT molecular complexity index is 585. The van der Waals surface area contributed by atoms with Crippen LogP contribution in [0.25, 0.3) is 0 Å². The van der Waals surface area contributed by atoms with Crippen molar-refractivity contribution >= 4 is 18.4 Å². The number of esters is 1. The van der Waals surface area contributed by atoms with Gasteiger partial charge in [0, 0.05) is 13.1 Å². The van der Waals surface area contributed by atoms with Crippen LogP contribution < -0.4 is 5.32 Å². The third-order valence-corrected chi connectivity index (χ3v) is 3.04. The molecule has 5 heteroatoms. The minimum Gasteiger partial charge on any atom is -0.462 e. The van der Waals surface area contributed by atoms with Gasteiger partial charge >= 0.3 is 5.97 Å². The predicted octanol–water partition coefficient (Wildman–Crippen LogP) is 3.71. The molecule has 0 aliphatic rings. The first-order valence-electron chi connectivity index (χ1n) is 6.90. The summed E-state index contributed by atoms with van der Waals surface area (Å²) in [5.41, 5.74) is 2.66. The lowest BCUT2D eigenvalue weighted by Gasteiger charge is -2.06. The van der Waals surface area contributed by atoms with Crippen LogP contribution >= 0.6 is 12.4 Å². The Hall–Kier alpha value is -1.91. The van der Waals surface area contributed by atoms with E-state index in [1.807, 2.05) is 12.1 Å². The Morgan fingerprint density at radius 2 is 1.50 bits per heavy atom. The number of carbonyl (C=O) groups is 1. The topological polar surface area (TPSA) is 38.3 Å². The summed E-state index contributed by atoms with van der Waals surface area (Å²) in [5.74, 6) is -0.531. The molecule has 0 heterocycles. The largest absolute Gasteiger partial charge is 0.462 e. The van der Waals surface area contributed by atoms with E-state index in [2.05, 4.69) is 5.32 Å². The molecule has 0 aliphatic carbocycles. The van der Waals surface area contributed by atoms with Gasteiger partial charge in [0.25, 0.3) is 0 Å². The molecule has 0 saturated carbocycles. The normalized spacial score (nSPS) is 9.91. The number of hydrogen-bond donors (Lipinski definition) is 1. The molecule has 22 heavy (non-hydrogen) atoms. The second-order valence-electron chi connectivity index (χ2n) is 4.65. The van der Waals surface area contributed by atoms with Gasteiger partial charge in [-0.05, 0) is 42.3 Å². The summed E-state index contributed by atoms with van der Waals surface area (Å²) in [6, 6.07) is 13.7. The predicted molar refractivity (Wildman–Crippen MR) is 86.6 cm³/mol. The van der Waals surface area contributed by atoms with Crippen LogP contribution in [0.3, 0.4) is 0 Å². The van der Waals surface area contributed by atoms with Crippen molar-refractivity contribution in [2.24, 2.45) is 0 Å². The van der Waals surface area contributed by atoms with E-state index in [0.717, 1.165) is 11.1 Å². The monoisotopic (exact) mass is 323 g/mol. The van der Waals surface area contributed by atoms with E-state index in [-0.39, 0.29) is 24.2 Å². The number of nitrogens with one attached hydrogen (secondary N) is 1. The fourth-order valence-corrected chi connectivity index (χ4v) is 1.93. The minimum atomic E-state index is -0.302. The maximum Gasteiger partial charge on any atom is 0.338 e. The van der Waals surface area contributed by atoms with Gasteiger partial charge in [0.1, 0.15) is 5.82 Å². The van der Waals surface area contributed by atoms with Crippen molar-refractivity contribution in [3.8, 4) is 0 Å². The van der Waals surface area contributed by atoms with Crippen molar-refractivity contribution in [1.82, 2.24) is 5.32 Å². The average molecular weight is 324 g/mol. The van der Waals surface area contributed by atoms with Crippen LogP contribution in [0, 0.1) is 5.82 Å². The van der Waals surface area contributed by atoms with Gasteiger partial charge in [-0.3, -0.25) is 0 Å². The lowest BCUT2D eigenvalue weighted by atomic mass is 10.1. The highest BCUT2D eigenvalue weighted by Crippen LogP contribution is 2.07. The van der Waals surface area contributed by atoms with E-state index in [1.165, 1.54) is 12.1 Å². The third-order valence-electron chi connectivity index (χ3n) is 3.04. The van der Waals surface area contributed by atoms with Crippen LogP contribution in [-0.4, -0.2) is 12.6 Å². The molecule has 118 valence electrons. The van der Waals surface area contributed by atoms with Crippen molar-refractivity contribution < 1.29 is 13.9 Å². The molecule has 0 spiro atoms. The van der Waals surface area contributed by atoms with Gasteiger partial charge in [0.2, 0.25) is 0 Å². The van der Waals surface area contributed by atoms with Crippen LogP contribution in [0.4, 0.5) is 4.39 Å². The lowest BCUT2D eigenvalue weighted by molar-refractivity contribution is 0.0526. The molecular weight excluding hydrogens is 305 g/mol. The van der Waals surface area contributed by atoms with Gasteiger partial charge in [0.15, 0.2) is 0 Å². The van der Waals surface area contributed by atoms with Crippen molar-refractivity contribution in [2.75, 3.05) is 6.61 Å². The number of rotatable bonds is 6. The highest BCUT2D eigenvalue weighted by atomic mass is 35.5. The van der Waals surface area contributed by atoms with Crippen LogP contribution in [0.2, 0.25) is 0 Å². The minimum absolute atomic E-state index is 0. The fraction of sp³-hybridized carbons (Fsp3) is 0.235. The maximum absolute atomic E-state index is 12.8. The zero-order valence-corrected chi connectivity index (χ0v) is 13.2. The highest BCUT2D eigenvalue weighted by Gasteiger charge is 2.05. The van der Waals surface area contributed by atoms with Crippen molar-refractivity contribution in [3.63, 3.8) is 0 Å². The first-order valence-corrected chi connectivity index (χ1v) is 6.90.